The summed E-state index contributed by atoms with van der Waals surface area (Å²) in [6.45, 7) is 0.797. The van der Waals surface area contributed by atoms with E-state index in [-0.39, 0.29) is 17.2 Å². The lowest BCUT2D eigenvalue weighted by molar-refractivity contribution is -0.384. The molecule has 3 aromatic rings. The highest BCUT2D eigenvalue weighted by molar-refractivity contribution is 5.94. The molecule has 0 saturated carbocycles. The van der Waals surface area contributed by atoms with Crippen LogP contribution in [0.15, 0.2) is 78.9 Å². The third kappa shape index (κ3) is 5.15. The summed E-state index contributed by atoms with van der Waals surface area (Å²) >= 11 is 0. The van der Waals surface area contributed by atoms with Gasteiger partial charge in [-0.05, 0) is 29.3 Å². The summed E-state index contributed by atoms with van der Waals surface area (Å²) in [5.74, 6) is 0.459. The third-order valence-corrected chi connectivity index (χ3v) is 3.94. The number of ether oxygens (including phenoxy) is 1. The first-order valence-corrected chi connectivity index (χ1v) is 8.40. The standard InChI is InChI=1S/C21H18N2O4/c24-21(18-5-4-6-19(13-18)23(25)26)22-14-16-9-11-17(12-10-16)15-27-20-7-2-1-3-8-20/h1-13H,14-15H2,(H,22,24). The van der Waals surface area contributed by atoms with E-state index in [9.17, 15) is 14.9 Å². The summed E-state index contributed by atoms with van der Waals surface area (Å²) in [5, 5.41) is 13.6. The number of nitrogens with one attached hydrogen (secondary N) is 1. The number of carbonyl (C=O) groups excluding carboxylic acids is 1. The Morgan fingerprint density at radius 2 is 1.63 bits per heavy atom. The Bertz CT molecular complexity index is 924. The number of rotatable bonds is 7. The van der Waals surface area contributed by atoms with E-state index in [0.717, 1.165) is 16.9 Å². The van der Waals surface area contributed by atoms with Gasteiger partial charge in [-0.3, -0.25) is 14.9 Å². The maximum atomic E-state index is 12.2. The van der Waals surface area contributed by atoms with Crippen molar-refractivity contribution in [3.63, 3.8) is 0 Å². The molecule has 0 aromatic heterocycles. The van der Waals surface area contributed by atoms with Crippen LogP contribution in [0, 0.1) is 10.1 Å². The summed E-state index contributed by atoms with van der Waals surface area (Å²) < 4.78 is 5.69. The van der Waals surface area contributed by atoms with Crippen molar-refractivity contribution in [3.05, 3.63) is 106 Å². The van der Waals surface area contributed by atoms with Gasteiger partial charge < -0.3 is 10.1 Å². The SMILES string of the molecule is O=C(NCc1ccc(COc2ccccc2)cc1)c1cccc([N+](=O)[O-])c1. The van der Waals surface area contributed by atoms with Crippen molar-refractivity contribution in [1.82, 2.24) is 5.32 Å². The molecule has 3 aromatic carbocycles. The summed E-state index contributed by atoms with van der Waals surface area (Å²) in [7, 11) is 0. The van der Waals surface area contributed by atoms with Gasteiger partial charge in [0.2, 0.25) is 0 Å². The number of non-ortho nitro benzene ring substituents is 1. The Hall–Kier alpha value is -3.67. The highest BCUT2D eigenvalue weighted by Crippen LogP contribution is 2.14. The third-order valence-electron chi connectivity index (χ3n) is 3.94. The molecule has 0 spiro atoms. The topological polar surface area (TPSA) is 81.5 Å². The molecule has 0 heterocycles. The molecule has 0 aliphatic heterocycles. The molecule has 3 rings (SSSR count). The molecule has 6 nitrogen and oxygen atoms in total. The lowest BCUT2D eigenvalue weighted by atomic mass is 10.1. The number of nitro groups is 1. The molecule has 6 heteroatoms. The molecule has 0 fully saturated rings. The van der Waals surface area contributed by atoms with Gasteiger partial charge in [-0.25, -0.2) is 0 Å². The predicted molar refractivity (Wildman–Crippen MR) is 101 cm³/mol. The number of hydrogen-bond acceptors (Lipinski definition) is 4. The van der Waals surface area contributed by atoms with Crippen molar-refractivity contribution in [2.24, 2.45) is 0 Å². The molecule has 0 atom stereocenters. The van der Waals surface area contributed by atoms with E-state index in [4.69, 9.17) is 4.74 Å². The van der Waals surface area contributed by atoms with Crippen LogP contribution in [-0.4, -0.2) is 10.8 Å². The fourth-order valence-corrected chi connectivity index (χ4v) is 2.48. The highest BCUT2D eigenvalue weighted by Gasteiger charge is 2.11. The van der Waals surface area contributed by atoms with Gasteiger partial charge in [0.25, 0.3) is 11.6 Å². The average Bonchev–Trinajstić information content (AvgIpc) is 2.72. The molecule has 136 valence electrons. The van der Waals surface area contributed by atoms with E-state index < -0.39 is 4.92 Å². The van der Waals surface area contributed by atoms with E-state index in [1.54, 1.807) is 6.07 Å². The molecule has 0 bridgehead atoms. The van der Waals surface area contributed by atoms with Gasteiger partial charge in [-0.2, -0.15) is 0 Å². The number of para-hydroxylation sites is 1. The Balaban J connectivity index is 1.53. The highest BCUT2D eigenvalue weighted by atomic mass is 16.6. The van der Waals surface area contributed by atoms with Gasteiger partial charge in [-0.15, -0.1) is 0 Å². The Kier molecular flexibility index (Phi) is 5.79. The largest absolute Gasteiger partial charge is 0.489 e. The fraction of sp³-hybridized carbons (Fsp3) is 0.0952. The number of hydrogen-bond donors (Lipinski definition) is 1. The Morgan fingerprint density at radius 3 is 2.33 bits per heavy atom. The van der Waals surface area contributed by atoms with E-state index >= 15 is 0 Å². The first-order valence-electron chi connectivity index (χ1n) is 8.40. The number of nitrogens with zero attached hydrogens (tertiary/aromatic N) is 1. The van der Waals surface area contributed by atoms with Crippen LogP contribution in [0.3, 0.4) is 0 Å². The van der Waals surface area contributed by atoms with Crippen LogP contribution >= 0.6 is 0 Å². The maximum Gasteiger partial charge on any atom is 0.270 e. The van der Waals surface area contributed by atoms with Crippen LogP contribution in [0.5, 0.6) is 5.75 Å². The molecule has 0 saturated heterocycles. The van der Waals surface area contributed by atoms with E-state index in [1.807, 2.05) is 54.6 Å². The van der Waals surface area contributed by atoms with Gasteiger partial charge in [0.1, 0.15) is 12.4 Å². The maximum absolute atomic E-state index is 12.2. The van der Waals surface area contributed by atoms with Crippen LogP contribution in [0.4, 0.5) is 5.69 Å². The second kappa shape index (κ2) is 8.62. The van der Waals surface area contributed by atoms with Gasteiger partial charge in [0.05, 0.1) is 4.92 Å². The molecular weight excluding hydrogens is 344 g/mol. The smallest absolute Gasteiger partial charge is 0.270 e. The van der Waals surface area contributed by atoms with Crippen LogP contribution in [0.1, 0.15) is 21.5 Å². The molecule has 0 aliphatic rings. The second-order valence-electron chi connectivity index (χ2n) is 5.91. The summed E-state index contributed by atoms with van der Waals surface area (Å²) in [6, 6.07) is 22.9. The predicted octanol–water partition coefficient (Wildman–Crippen LogP) is 4.10. The van der Waals surface area contributed by atoms with Gasteiger partial charge in [0, 0.05) is 24.2 Å². The Morgan fingerprint density at radius 1 is 0.926 bits per heavy atom. The monoisotopic (exact) mass is 362 g/mol. The lowest BCUT2D eigenvalue weighted by Gasteiger charge is -2.08. The number of nitro benzene ring substituents is 1. The number of benzene rings is 3. The molecule has 0 aliphatic carbocycles. The summed E-state index contributed by atoms with van der Waals surface area (Å²) in [6.07, 6.45) is 0. The first-order chi connectivity index (χ1) is 13.1. The zero-order valence-electron chi connectivity index (χ0n) is 14.5. The minimum atomic E-state index is -0.521. The van der Waals surface area contributed by atoms with Crippen molar-refractivity contribution in [1.29, 1.82) is 0 Å². The van der Waals surface area contributed by atoms with Gasteiger partial charge in [-0.1, -0.05) is 48.5 Å². The normalized spacial score (nSPS) is 10.2. The molecule has 0 unspecified atom stereocenters. The minimum Gasteiger partial charge on any atom is -0.489 e. The number of amides is 1. The zero-order chi connectivity index (χ0) is 19.1. The van der Waals surface area contributed by atoms with Crippen molar-refractivity contribution in [2.75, 3.05) is 0 Å². The molecular formula is C21H18N2O4. The molecule has 1 amide bonds. The summed E-state index contributed by atoms with van der Waals surface area (Å²) in [4.78, 5) is 22.4. The van der Waals surface area contributed by atoms with E-state index in [2.05, 4.69) is 5.32 Å². The molecule has 1 N–H and O–H groups in total. The Labute approximate surface area is 156 Å². The van der Waals surface area contributed by atoms with Gasteiger partial charge >= 0.3 is 0 Å². The van der Waals surface area contributed by atoms with Crippen molar-refractivity contribution >= 4 is 11.6 Å². The summed E-state index contributed by atoms with van der Waals surface area (Å²) in [5.41, 5.74) is 2.10. The van der Waals surface area contributed by atoms with Crippen molar-refractivity contribution < 1.29 is 14.5 Å². The van der Waals surface area contributed by atoms with Gasteiger partial charge in [0.15, 0.2) is 0 Å². The number of carbonyl (C=O) groups is 1. The fourth-order valence-electron chi connectivity index (χ4n) is 2.48. The van der Waals surface area contributed by atoms with Crippen LogP contribution in [0.25, 0.3) is 0 Å². The first kappa shape index (κ1) is 18.1. The van der Waals surface area contributed by atoms with E-state index in [0.29, 0.717) is 13.2 Å². The lowest BCUT2D eigenvalue weighted by Crippen LogP contribution is -2.22. The van der Waals surface area contributed by atoms with Crippen molar-refractivity contribution in [3.8, 4) is 5.75 Å². The van der Waals surface area contributed by atoms with Crippen LogP contribution in [-0.2, 0) is 13.2 Å². The molecule has 0 radical (unpaired) electrons. The quantitative estimate of drug-likeness (QED) is 0.507. The zero-order valence-corrected chi connectivity index (χ0v) is 14.5. The van der Waals surface area contributed by atoms with Crippen molar-refractivity contribution in [2.45, 2.75) is 13.2 Å². The minimum absolute atomic E-state index is 0.106. The van der Waals surface area contributed by atoms with E-state index in [1.165, 1.54) is 18.2 Å². The second-order valence-corrected chi connectivity index (χ2v) is 5.91. The van der Waals surface area contributed by atoms with Crippen LogP contribution in [0.2, 0.25) is 0 Å². The molecule has 27 heavy (non-hydrogen) atoms. The van der Waals surface area contributed by atoms with Crippen LogP contribution < -0.4 is 10.1 Å². The average molecular weight is 362 g/mol.